The minimum atomic E-state index is -3.50. The van der Waals surface area contributed by atoms with Crippen molar-refractivity contribution in [3.05, 3.63) is 17.9 Å². The summed E-state index contributed by atoms with van der Waals surface area (Å²) in [6.45, 7) is 3.88. The molecule has 1 fully saturated rings. The lowest BCUT2D eigenvalue weighted by molar-refractivity contribution is 0.399. The van der Waals surface area contributed by atoms with Crippen molar-refractivity contribution in [1.29, 1.82) is 0 Å². The summed E-state index contributed by atoms with van der Waals surface area (Å²) in [5, 5.41) is 3.11. The van der Waals surface area contributed by atoms with Crippen LogP contribution in [-0.4, -0.2) is 21.5 Å². The topological polar surface area (TPSA) is 71.3 Å². The molecule has 6 heteroatoms. The van der Waals surface area contributed by atoms with Crippen LogP contribution in [-0.2, 0) is 16.6 Å². The number of nitrogens with one attached hydrogen (secondary N) is 2. The van der Waals surface area contributed by atoms with E-state index in [4.69, 9.17) is 4.42 Å². The van der Waals surface area contributed by atoms with Crippen LogP contribution in [0.1, 0.15) is 38.4 Å². The quantitative estimate of drug-likeness (QED) is 0.802. The van der Waals surface area contributed by atoms with Crippen LogP contribution in [0.15, 0.2) is 21.6 Å². The Morgan fingerprint density at radius 1 is 1.32 bits per heavy atom. The van der Waals surface area contributed by atoms with Crippen LogP contribution in [0.4, 0.5) is 0 Å². The summed E-state index contributed by atoms with van der Waals surface area (Å²) in [4.78, 5) is 0. The Hall–Kier alpha value is -0.850. The summed E-state index contributed by atoms with van der Waals surface area (Å²) >= 11 is 0. The fourth-order valence-corrected chi connectivity index (χ4v) is 3.42. The van der Waals surface area contributed by atoms with Gasteiger partial charge in [-0.1, -0.05) is 19.8 Å². The fraction of sp³-hybridized carbons (Fsp3) is 0.692. The van der Waals surface area contributed by atoms with Gasteiger partial charge in [-0.3, -0.25) is 0 Å². The summed E-state index contributed by atoms with van der Waals surface area (Å²) in [5.74, 6) is 1.12. The SMILES string of the molecule is CCNCc1ccc(S(=O)(=O)NCC2CCCC2)o1. The molecule has 1 heterocycles. The van der Waals surface area contributed by atoms with Gasteiger partial charge in [-0.15, -0.1) is 0 Å². The van der Waals surface area contributed by atoms with E-state index in [1.807, 2.05) is 6.92 Å². The van der Waals surface area contributed by atoms with Gasteiger partial charge in [0.1, 0.15) is 5.76 Å². The van der Waals surface area contributed by atoms with Gasteiger partial charge in [0.2, 0.25) is 5.09 Å². The Bertz CT molecular complexity index is 490. The van der Waals surface area contributed by atoms with E-state index in [2.05, 4.69) is 10.0 Å². The molecule has 0 unspecified atom stereocenters. The minimum absolute atomic E-state index is 0.0124. The molecule has 1 saturated carbocycles. The molecule has 0 aliphatic heterocycles. The van der Waals surface area contributed by atoms with E-state index in [-0.39, 0.29) is 5.09 Å². The normalized spacial score (nSPS) is 17.1. The molecule has 1 aliphatic rings. The molecule has 0 bridgehead atoms. The minimum Gasteiger partial charge on any atom is -0.447 e. The van der Waals surface area contributed by atoms with Crippen molar-refractivity contribution in [2.45, 2.75) is 44.2 Å². The predicted octanol–water partition coefficient (Wildman–Crippen LogP) is 1.86. The van der Waals surface area contributed by atoms with Gasteiger partial charge >= 0.3 is 0 Å². The summed E-state index contributed by atoms with van der Waals surface area (Å²) in [6, 6.07) is 3.22. The summed E-state index contributed by atoms with van der Waals surface area (Å²) in [6.07, 6.45) is 4.65. The van der Waals surface area contributed by atoms with E-state index < -0.39 is 10.0 Å². The van der Waals surface area contributed by atoms with Crippen LogP contribution in [0.5, 0.6) is 0 Å². The Kier molecular flexibility index (Phi) is 5.01. The van der Waals surface area contributed by atoms with E-state index in [0.717, 1.165) is 19.4 Å². The van der Waals surface area contributed by atoms with Gasteiger partial charge in [0.15, 0.2) is 0 Å². The molecule has 2 N–H and O–H groups in total. The van der Waals surface area contributed by atoms with Crippen LogP contribution in [0.3, 0.4) is 0 Å². The van der Waals surface area contributed by atoms with Gasteiger partial charge in [-0.05, 0) is 37.4 Å². The molecule has 0 amide bonds. The molecule has 0 radical (unpaired) electrons. The average molecular weight is 286 g/mol. The maximum absolute atomic E-state index is 12.1. The smallest absolute Gasteiger partial charge is 0.273 e. The lowest BCUT2D eigenvalue weighted by atomic mass is 10.1. The number of hydrogen-bond donors (Lipinski definition) is 2. The van der Waals surface area contributed by atoms with E-state index >= 15 is 0 Å². The van der Waals surface area contributed by atoms with Crippen LogP contribution in [0.2, 0.25) is 0 Å². The highest BCUT2D eigenvalue weighted by molar-refractivity contribution is 7.89. The molecule has 2 rings (SSSR count). The first-order valence-corrected chi connectivity index (χ1v) is 8.39. The monoisotopic (exact) mass is 286 g/mol. The molecule has 1 aromatic heterocycles. The lowest BCUT2D eigenvalue weighted by Crippen LogP contribution is -2.28. The lowest BCUT2D eigenvalue weighted by Gasteiger charge is -2.09. The third-order valence-electron chi connectivity index (χ3n) is 3.49. The van der Waals surface area contributed by atoms with Crippen molar-refractivity contribution >= 4 is 10.0 Å². The number of rotatable bonds is 7. The van der Waals surface area contributed by atoms with Gasteiger partial charge in [0.25, 0.3) is 10.0 Å². The highest BCUT2D eigenvalue weighted by atomic mass is 32.2. The Morgan fingerprint density at radius 2 is 2.05 bits per heavy atom. The van der Waals surface area contributed by atoms with Crippen molar-refractivity contribution in [3.63, 3.8) is 0 Å². The van der Waals surface area contributed by atoms with Crippen LogP contribution < -0.4 is 10.0 Å². The zero-order chi connectivity index (χ0) is 13.7. The molecule has 0 atom stereocenters. The Balaban J connectivity index is 1.92. The second-order valence-electron chi connectivity index (χ2n) is 5.00. The van der Waals surface area contributed by atoms with Crippen molar-refractivity contribution in [3.8, 4) is 0 Å². The third-order valence-corrected chi connectivity index (χ3v) is 4.78. The first kappa shape index (κ1) is 14.6. The molecule has 19 heavy (non-hydrogen) atoms. The zero-order valence-electron chi connectivity index (χ0n) is 11.3. The largest absolute Gasteiger partial charge is 0.447 e. The van der Waals surface area contributed by atoms with Crippen molar-refractivity contribution < 1.29 is 12.8 Å². The number of sulfonamides is 1. The van der Waals surface area contributed by atoms with Gasteiger partial charge in [0, 0.05) is 6.54 Å². The fourth-order valence-electron chi connectivity index (χ4n) is 2.36. The second kappa shape index (κ2) is 6.54. The molecule has 1 aromatic rings. The zero-order valence-corrected chi connectivity index (χ0v) is 12.1. The van der Waals surface area contributed by atoms with Crippen molar-refractivity contribution in [2.75, 3.05) is 13.1 Å². The number of furan rings is 1. The molecule has 0 saturated heterocycles. The van der Waals surface area contributed by atoms with E-state index in [9.17, 15) is 8.42 Å². The molecule has 108 valence electrons. The summed E-state index contributed by atoms with van der Waals surface area (Å²) in [5.41, 5.74) is 0. The average Bonchev–Trinajstić information content (AvgIpc) is 3.05. The van der Waals surface area contributed by atoms with E-state index in [0.29, 0.717) is 24.8 Å². The summed E-state index contributed by atoms with van der Waals surface area (Å²) < 4.78 is 32.1. The van der Waals surface area contributed by atoms with E-state index in [1.54, 1.807) is 6.07 Å². The molecular formula is C13H22N2O3S. The maximum atomic E-state index is 12.1. The molecule has 0 aromatic carbocycles. The second-order valence-corrected chi connectivity index (χ2v) is 6.70. The first-order valence-electron chi connectivity index (χ1n) is 6.91. The van der Waals surface area contributed by atoms with Gasteiger partial charge in [0.05, 0.1) is 6.54 Å². The molecule has 0 spiro atoms. The van der Waals surface area contributed by atoms with Crippen LogP contribution >= 0.6 is 0 Å². The van der Waals surface area contributed by atoms with Gasteiger partial charge in [-0.2, -0.15) is 0 Å². The predicted molar refractivity (Wildman–Crippen MR) is 73.2 cm³/mol. The highest BCUT2D eigenvalue weighted by Gasteiger charge is 2.22. The maximum Gasteiger partial charge on any atom is 0.273 e. The first-order chi connectivity index (χ1) is 9.12. The molecule has 1 aliphatic carbocycles. The van der Waals surface area contributed by atoms with E-state index in [1.165, 1.54) is 18.9 Å². The van der Waals surface area contributed by atoms with Crippen LogP contribution in [0, 0.1) is 5.92 Å². The third kappa shape index (κ3) is 4.06. The Labute approximate surface area is 114 Å². The Morgan fingerprint density at radius 3 is 2.74 bits per heavy atom. The summed E-state index contributed by atoms with van der Waals surface area (Å²) in [7, 11) is -3.50. The number of hydrogen-bond acceptors (Lipinski definition) is 4. The molecular weight excluding hydrogens is 264 g/mol. The molecule has 5 nitrogen and oxygen atoms in total. The highest BCUT2D eigenvalue weighted by Crippen LogP contribution is 2.24. The standard InChI is InChI=1S/C13H22N2O3S/c1-2-14-10-12-7-8-13(18-12)19(16,17)15-9-11-5-3-4-6-11/h7-8,11,14-15H,2-6,9-10H2,1H3. The van der Waals surface area contributed by atoms with Crippen molar-refractivity contribution in [2.24, 2.45) is 5.92 Å². The van der Waals surface area contributed by atoms with Crippen LogP contribution in [0.25, 0.3) is 0 Å². The van der Waals surface area contributed by atoms with Gasteiger partial charge in [-0.25, -0.2) is 13.1 Å². The van der Waals surface area contributed by atoms with Gasteiger partial charge < -0.3 is 9.73 Å². The van der Waals surface area contributed by atoms with Crippen molar-refractivity contribution in [1.82, 2.24) is 10.0 Å².